The minimum absolute atomic E-state index is 0.0332. The second kappa shape index (κ2) is 7.80. The van der Waals surface area contributed by atoms with Gasteiger partial charge in [-0.25, -0.2) is 0 Å². The Kier molecular flexibility index (Phi) is 5.46. The van der Waals surface area contributed by atoms with E-state index >= 15 is 0 Å². The molecule has 0 radical (unpaired) electrons. The van der Waals surface area contributed by atoms with Crippen LogP contribution in [0.5, 0.6) is 5.75 Å². The van der Waals surface area contributed by atoms with Crippen molar-refractivity contribution in [3.63, 3.8) is 0 Å². The Morgan fingerprint density at radius 1 is 1.33 bits per heavy atom. The first-order valence-electron chi connectivity index (χ1n) is 8.51. The fourth-order valence-corrected chi connectivity index (χ4v) is 3.39. The molecule has 1 aromatic carbocycles. The van der Waals surface area contributed by atoms with E-state index in [9.17, 15) is 14.7 Å². The third-order valence-corrected chi connectivity index (χ3v) is 4.74. The minimum Gasteiger partial charge on any atom is -0.507 e. The van der Waals surface area contributed by atoms with Gasteiger partial charge in [0.15, 0.2) is 0 Å². The van der Waals surface area contributed by atoms with Crippen molar-refractivity contribution in [3.05, 3.63) is 64.4 Å². The van der Waals surface area contributed by atoms with E-state index < -0.39 is 17.7 Å². The number of aliphatic hydroxyl groups is 1. The summed E-state index contributed by atoms with van der Waals surface area (Å²) in [5, 5.41) is 11.3. The van der Waals surface area contributed by atoms with E-state index in [1.807, 2.05) is 6.92 Å². The first-order valence-corrected chi connectivity index (χ1v) is 8.89. The molecule has 0 bridgehead atoms. The molecule has 1 saturated heterocycles. The largest absolute Gasteiger partial charge is 0.507 e. The maximum Gasteiger partial charge on any atom is 0.295 e. The number of halogens is 1. The molecule has 140 valence electrons. The molecule has 27 heavy (non-hydrogen) atoms. The van der Waals surface area contributed by atoms with Crippen LogP contribution in [0.15, 0.2) is 48.3 Å². The number of likely N-dealkylation sites (tertiary alicyclic amines) is 1. The van der Waals surface area contributed by atoms with E-state index in [1.165, 1.54) is 18.1 Å². The van der Waals surface area contributed by atoms with Gasteiger partial charge in [-0.3, -0.25) is 14.6 Å². The van der Waals surface area contributed by atoms with Crippen LogP contribution in [0.4, 0.5) is 0 Å². The topological polar surface area (TPSA) is 79.7 Å². The molecule has 0 spiro atoms. The number of hydrogen-bond acceptors (Lipinski definition) is 5. The van der Waals surface area contributed by atoms with Crippen LogP contribution in [-0.2, 0) is 9.59 Å². The van der Waals surface area contributed by atoms with Crippen LogP contribution >= 0.6 is 11.6 Å². The lowest BCUT2D eigenvalue weighted by atomic mass is 9.96. The zero-order chi connectivity index (χ0) is 19.6. The molecule has 1 amide bonds. The fourth-order valence-electron chi connectivity index (χ4n) is 3.20. The molecule has 6 nitrogen and oxygen atoms in total. The second-order valence-electron chi connectivity index (χ2n) is 6.13. The average molecular weight is 387 g/mol. The molecule has 1 unspecified atom stereocenters. The lowest BCUT2D eigenvalue weighted by molar-refractivity contribution is -0.139. The SMILES string of the molecule is CCCN1C(=O)C(=O)/C(=C(\O)c2ccc(Cl)c(OC)c2)C1c1cccnc1. The number of benzene rings is 1. The van der Waals surface area contributed by atoms with Gasteiger partial charge in [-0.05, 0) is 36.2 Å². The number of ketones is 1. The van der Waals surface area contributed by atoms with Crippen LogP contribution in [-0.4, -0.2) is 40.3 Å². The van der Waals surface area contributed by atoms with Gasteiger partial charge in [0.25, 0.3) is 11.7 Å². The molecule has 7 heteroatoms. The van der Waals surface area contributed by atoms with Crippen molar-refractivity contribution >= 4 is 29.1 Å². The number of ether oxygens (including phenoxy) is 1. The maximum atomic E-state index is 12.7. The molecule has 1 atom stereocenters. The average Bonchev–Trinajstić information content (AvgIpc) is 2.94. The van der Waals surface area contributed by atoms with Crippen molar-refractivity contribution in [2.24, 2.45) is 0 Å². The van der Waals surface area contributed by atoms with Crippen LogP contribution in [0, 0.1) is 0 Å². The Hall–Kier alpha value is -2.86. The van der Waals surface area contributed by atoms with Crippen molar-refractivity contribution in [3.8, 4) is 5.75 Å². The summed E-state index contributed by atoms with van der Waals surface area (Å²) in [6.45, 7) is 2.31. The number of hydrogen-bond donors (Lipinski definition) is 1. The van der Waals surface area contributed by atoms with Crippen LogP contribution in [0.1, 0.15) is 30.5 Å². The molecule has 2 heterocycles. The highest BCUT2D eigenvalue weighted by Gasteiger charge is 2.45. The summed E-state index contributed by atoms with van der Waals surface area (Å²) in [6, 6.07) is 7.49. The van der Waals surface area contributed by atoms with E-state index in [0.717, 1.165) is 0 Å². The lowest BCUT2D eigenvalue weighted by Gasteiger charge is -2.24. The predicted octanol–water partition coefficient (Wildman–Crippen LogP) is 3.58. The molecule has 1 aromatic heterocycles. The van der Waals surface area contributed by atoms with E-state index in [2.05, 4.69) is 4.98 Å². The normalized spacial score (nSPS) is 18.8. The van der Waals surface area contributed by atoms with Gasteiger partial charge in [-0.15, -0.1) is 0 Å². The maximum absolute atomic E-state index is 12.7. The van der Waals surface area contributed by atoms with Gasteiger partial charge in [0.1, 0.15) is 11.5 Å². The van der Waals surface area contributed by atoms with Gasteiger partial charge in [0.05, 0.1) is 23.7 Å². The van der Waals surface area contributed by atoms with Gasteiger partial charge in [0.2, 0.25) is 0 Å². The highest BCUT2D eigenvalue weighted by molar-refractivity contribution is 6.46. The standard InChI is InChI=1S/C20H19ClN2O4/c1-3-9-23-17(13-5-4-8-22-11-13)16(19(25)20(23)26)18(24)12-6-7-14(21)15(10-12)27-2/h4-8,10-11,17,24H,3,9H2,1-2H3/b18-16-. The molecule has 1 aliphatic heterocycles. The number of aliphatic hydroxyl groups excluding tert-OH is 1. The summed E-state index contributed by atoms with van der Waals surface area (Å²) in [4.78, 5) is 30.8. The van der Waals surface area contributed by atoms with E-state index in [4.69, 9.17) is 16.3 Å². The van der Waals surface area contributed by atoms with E-state index in [1.54, 1.807) is 36.7 Å². The summed E-state index contributed by atoms with van der Waals surface area (Å²) >= 11 is 6.04. The fraction of sp³-hybridized carbons (Fsp3) is 0.250. The number of Topliss-reactive ketones (excluding diaryl/α,β-unsaturated/α-hetero) is 1. The molecule has 0 aliphatic carbocycles. The van der Waals surface area contributed by atoms with Crippen LogP contribution in [0.3, 0.4) is 0 Å². The molecular formula is C20H19ClN2O4. The highest BCUT2D eigenvalue weighted by Crippen LogP contribution is 2.40. The quantitative estimate of drug-likeness (QED) is 0.482. The Labute approximate surface area is 162 Å². The first kappa shape index (κ1) is 18.9. The Bertz CT molecular complexity index is 911. The minimum atomic E-state index is -0.719. The number of nitrogens with zero attached hydrogens (tertiary/aromatic N) is 2. The molecule has 3 rings (SSSR count). The molecule has 1 fully saturated rings. The van der Waals surface area contributed by atoms with Gasteiger partial charge < -0.3 is 14.7 Å². The van der Waals surface area contributed by atoms with Crippen molar-refractivity contribution in [1.29, 1.82) is 0 Å². The Morgan fingerprint density at radius 2 is 2.11 bits per heavy atom. The zero-order valence-corrected chi connectivity index (χ0v) is 15.7. The van der Waals surface area contributed by atoms with E-state index in [0.29, 0.717) is 34.9 Å². The van der Waals surface area contributed by atoms with Crippen molar-refractivity contribution in [2.75, 3.05) is 13.7 Å². The number of carbonyl (C=O) groups excluding carboxylic acids is 2. The summed E-state index contributed by atoms with van der Waals surface area (Å²) in [5.74, 6) is -1.26. The van der Waals surface area contributed by atoms with E-state index in [-0.39, 0.29) is 11.3 Å². The highest BCUT2D eigenvalue weighted by atomic mass is 35.5. The summed E-state index contributed by atoms with van der Waals surface area (Å²) in [7, 11) is 1.46. The van der Waals surface area contributed by atoms with Crippen LogP contribution in [0.25, 0.3) is 5.76 Å². The Morgan fingerprint density at radius 3 is 2.74 bits per heavy atom. The van der Waals surface area contributed by atoms with Crippen molar-refractivity contribution < 1.29 is 19.4 Å². The summed E-state index contributed by atoms with van der Waals surface area (Å²) in [5.41, 5.74) is 1.04. The summed E-state index contributed by atoms with van der Waals surface area (Å²) < 4.78 is 5.18. The summed E-state index contributed by atoms with van der Waals surface area (Å²) in [6.07, 6.45) is 3.88. The lowest BCUT2D eigenvalue weighted by Crippen LogP contribution is -2.30. The van der Waals surface area contributed by atoms with Crippen molar-refractivity contribution in [1.82, 2.24) is 9.88 Å². The van der Waals surface area contributed by atoms with Crippen LogP contribution in [0.2, 0.25) is 5.02 Å². The molecule has 1 aliphatic rings. The smallest absolute Gasteiger partial charge is 0.295 e. The number of aromatic nitrogens is 1. The van der Waals surface area contributed by atoms with Crippen LogP contribution < -0.4 is 4.74 Å². The molecule has 1 N–H and O–H groups in total. The Balaban J connectivity index is 2.19. The monoisotopic (exact) mass is 386 g/mol. The first-order chi connectivity index (χ1) is 13.0. The molecule has 0 saturated carbocycles. The number of carbonyl (C=O) groups is 2. The third-order valence-electron chi connectivity index (χ3n) is 4.43. The number of methoxy groups -OCH3 is 1. The van der Waals surface area contributed by atoms with Gasteiger partial charge in [-0.2, -0.15) is 0 Å². The van der Waals surface area contributed by atoms with Gasteiger partial charge in [0, 0.05) is 24.5 Å². The second-order valence-corrected chi connectivity index (χ2v) is 6.54. The predicted molar refractivity (Wildman–Crippen MR) is 102 cm³/mol. The van der Waals surface area contributed by atoms with Gasteiger partial charge >= 0.3 is 0 Å². The third kappa shape index (κ3) is 3.40. The molecular weight excluding hydrogens is 368 g/mol. The van der Waals surface area contributed by atoms with Gasteiger partial charge in [-0.1, -0.05) is 24.6 Å². The van der Waals surface area contributed by atoms with Crippen molar-refractivity contribution in [2.45, 2.75) is 19.4 Å². The number of rotatable bonds is 5. The number of pyridine rings is 1. The number of amides is 1. The molecule has 2 aromatic rings. The zero-order valence-electron chi connectivity index (χ0n) is 15.0.